The number of sulfonamides is 2. The molecule has 0 saturated carbocycles. The highest BCUT2D eigenvalue weighted by Crippen LogP contribution is 2.28. The number of carbonyl (C=O) groups excluding carboxylic acids is 1. The van der Waals surface area contributed by atoms with Gasteiger partial charge < -0.3 is 4.74 Å². The van der Waals surface area contributed by atoms with Crippen molar-refractivity contribution in [3.63, 3.8) is 0 Å². The van der Waals surface area contributed by atoms with Crippen LogP contribution in [0.15, 0.2) is 29.2 Å². The molecule has 0 spiro atoms. The summed E-state index contributed by atoms with van der Waals surface area (Å²) in [6.45, 7) is 5.61. The maximum absolute atomic E-state index is 12.2. The van der Waals surface area contributed by atoms with Gasteiger partial charge in [0.15, 0.2) is 0 Å². The van der Waals surface area contributed by atoms with Gasteiger partial charge in [0.1, 0.15) is 0 Å². The minimum absolute atomic E-state index is 0.00567. The monoisotopic (exact) mass is 390 g/mol. The summed E-state index contributed by atoms with van der Waals surface area (Å²) in [6, 6.07) is 5.17. The summed E-state index contributed by atoms with van der Waals surface area (Å²) in [4.78, 5) is 12.0. The lowest BCUT2D eigenvalue weighted by molar-refractivity contribution is -0.119. The second-order valence-electron chi connectivity index (χ2n) is 6.09. The van der Waals surface area contributed by atoms with Crippen molar-refractivity contribution in [3.8, 4) is 0 Å². The molecule has 0 aromatic heterocycles. The standard InChI is InChI=1S/C15H22N2O6S2/c1-11(2)23-9-8-16-25(21,22)14-6-4-13(5-7-14)17-15(18)12(3)10-24(17,19)20/h4-7,11-12,16H,8-10H2,1-3H3. The van der Waals surface area contributed by atoms with Crippen LogP contribution in [-0.2, 0) is 29.6 Å². The van der Waals surface area contributed by atoms with Crippen molar-refractivity contribution in [2.24, 2.45) is 5.92 Å². The number of amides is 1. The van der Waals surface area contributed by atoms with E-state index in [1.165, 1.54) is 24.3 Å². The molecule has 1 atom stereocenters. The number of nitrogens with zero attached hydrogens (tertiary/aromatic N) is 1. The van der Waals surface area contributed by atoms with Gasteiger partial charge in [-0.25, -0.2) is 25.9 Å². The molecular formula is C15H22N2O6S2. The highest BCUT2D eigenvalue weighted by Gasteiger charge is 2.41. The molecule has 140 valence electrons. The molecule has 2 rings (SSSR count). The molecule has 1 amide bonds. The second kappa shape index (κ2) is 7.40. The lowest BCUT2D eigenvalue weighted by atomic mass is 10.2. The average molecular weight is 390 g/mol. The Morgan fingerprint density at radius 1 is 1.28 bits per heavy atom. The van der Waals surface area contributed by atoms with E-state index in [2.05, 4.69) is 4.72 Å². The molecule has 1 fully saturated rings. The van der Waals surface area contributed by atoms with Crippen molar-refractivity contribution in [1.29, 1.82) is 0 Å². The SMILES string of the molecule is CC(C)OCCNS(=O)(=O)c1ccc(N2C(=O)C(C)CS2(=O)=O)cc1. The Hall–Kier alpha value is -1.49. The predicted octanol–water partition coefficient (Wildman–Crippen LogP) is 0.702. The Labute approximate surface area is 148 Å². The fourth-order valence-electron chi connectivity index (χ4n) is 2.40. The number of ether oxygens (including phenoxy) is 1. The molecule has 0 radical (unpaired) electrons. The summed E-state index contributed by atoms with van der Waals surface area (Å²) in [6.07, 6.45) is 0.00567. The lowest BCUT2D eigenvalue weighted by Crippen LogP contribution is -2.30. The van der Waals surface area contributed by atoms with E-state index >= 15 is 0 Å². The van der Waals surface area contributed by atoms with Crippen molar-refractivity contribution in [1.82, 2.24) is 4.72 Å². The normalized spacial score (nSPS) is 20.4. The van der Waals surface area contributed by atoms with Gasteiger partial charge in [0.05, 0.1) is 35.0 Å². The zero-order chi connectivity index (χ0) is 18.8. The van der Waals surface area contributed by atoms with Crippen LogP contribution < -0.4 is 9.03 Å². The molecule has 1 heterocycles. The first kappa shape index (κ1) is 19.8. The number of hydrogen-bond acceptors (Lipinski definition) is 6. The van der Waals surface area contributed by atoms with Crippen LogP contribution in [0.2, 0.25) is 0 Å². The molecule has 0 aliphatic carbocycles. The fourth-order valence-corrected chi connectivity index (χ4v) is 5.24. The van der Waals surface area contributed by atoms with E-state index in [1.807, 2.05) is 13.8 Å². The smallest absolute Gasteiger partial charge is 0.244 e. The lowest BCUT2D eigenvalue weighted by Gasteiger charge is -2.16. The van der Waals surface area contributed by atoms with E-state index in [9.17, 15) is 21.6 Å². The van der Waals surface area contributed by atoms with Gasteiger partial charge in [0.25, 0.3) is 0 Å². The highest BCUT2D eigenvalue weighted by molar-refractivity contribution is 7.94. The molecular weight excluding hydrogens is 368 g/mol. The number of rotatable bonds is 7. The number of hydrogen-bond donors (Lipinski definition) is 1. The molecule has 8 nitrogen and oxygen atoms in total. The zero-order valence-corrected chi connectivity index (χ0v) is 15.9. The Bertz CT molecular complexity index is 831. The van der Waals surface area contributed by atoms with Crippen molar-refractivity contribution in [2.75, 3.05) is 23.2 Å². The van der Waals surface area contributed by atoms with Gasteiger partial charge in [-0.2, -0.15) is 0 Å². The van der Waals surface area contributed by atoms with E-state index in [1.54, 1.807) is 6.92 Å². The first-order valence-corrected chi connectivity index (χ1v) is 10.9. The van der Waals surface area contributed by atoms with E-state index in [4.69, 9.17) is 4.74 Å². The van der Waals surface area contributed by atoms with E-state index in [0.717, 1.165) is 4.31 Å². The topological polar surface area (TPSA) is 110 Å². The Morgan fingerprint density at radius 3 is 2.36 bits per heavy atom. The van der Waals surface area contributed by atoms with Crippen LogP contribution in [0.4, 0.5) is 5.69 Å². The third-order valence-electron chi connectivity index (χ3n) is 3.59. The number of carbonyl (C=O) groups is 1. The minimum atomic E-state index is -3.73. The van der Waals surface area contributed by atoms with Crippen LogP contribution in [-0.4, -0.2) is 47.8 Å². The molecule has 1 aliphatic rings. The Morgan fingerprint density at radius 2 is 1.88 bits per heavy atom. The van der Waals surface area contributed by atoms with E-state index in [0.29, 0.717) is 0 Å². The fraction of sp³-hybridized carbons (Fsp3) is 0.533. The maximum atomic E-state index is 12.2. The molecule has 1 unspecified atom stereocenters. The van der Waals surface area contributed by atoms with Crippen LogP contribution in [0.3, 0.4) is 0 Å². The Kier molecular flexibility index (Phi) is 5.87. The van der Waals surface area contributed by atoms with E-state index in [-0.39, 0.29) is 35.6 Å². The van der Waals surface area contributed by atoms with Crippen LogP contribution in [0.1, 0.15) is 20.8 Å². The predicted molar refractivity (Wildman–Crippen MR) is 93.2 cm³/mol. The van der Waals surface area contributed by atoms with Gasteiger partial charge in [-0.1, -0.05) is 6.92 Å². The van der Waals surface area contributed by atoms with E-state index < -0.39 is 31.9 Å². The summed E-state index contributed by atoms with van der Waals surface area (Å²) in [5, 5.41) is 0. The van der Waals surface area contributed by atoms with Crippen LogP contribution >= 0.6 is 0 Å². The minimum Gasteiger partial charge on any atom is -0.377 e. The largest absolute Gasteiger partial charge is 0.377 e. The van der Waals surface area contributed by atoms with Gasteiger partial charge in [-0.3, -0.25) is 4.79 Å². The summed E-state index contributed by atoms with van der Waals surface area (Å²) < 4.78 is 56.9. The van der Waals surface area contributed by atoms with Gasteiger partial charge >= 0.3 is 0 Å². The van der Waals surface area contributed by atoms with Crippen molar-refractivity contribution < 1.29 is 26.4 Å². The van der Waals surface area contributed by atoms with Crippen molar-refractivity contribution in [3.05, 3.63) is 24.3 Å². The highest BCUT2D eigenvalue weighted by atomic mass is 32.2. The molecule has 1 aromatic carbocycles. The summed E-state index contributed by atoms with van der Waals surface area (Å²) in [5.41, 5.74) is 0.136. The molecule has 1 N–H and O–H groups in total. The number of anilines is 1. The van der Waals surface area contributed by atoms with Crippen LogP contribution in [0.5, 0.6) is 0 Å². The quantitative estimate of drug-likeness (QED) is 0.687. The van der Waals surface area contributed by atoms with Crippen molar-refractivity contribution >= 4 is 31.6 Å². The third-order valence-corrected chi connectivity index (χ3v) is 6.93. The van der Waals surface area contributed by atoms with Crippen LogP contribution in [0.25, 0.3) is 0 Å². The third kappa shape index (κ3) is 4.57. The van der Waals surface area contributed by atoms with Gasteiger partial charge in [0.2, 0.25) is 26.0 Å². The Balaban J connectivity index is 2.13. The summed E-state index contributed by atoms with van der Waals surface area (Å²) in [5.74, 6) is -1.38. The molecule has 1 aliphatic heterocycles. The molecule has 0 bridgehead atoms. The molecule has 1 aromatic rings. The molecule has 25 heavy (non-hydrogen) atoms. The molecule has 10 heteroatoms. The maximum Gasteiger partial charge on any atom is 0.244 e. The number of nitrogens with one attached hydrogen (secondary N) is 1. The van der Waals surface area contributed by atoms with Crippen LogP contribution in [0, 0.1) is 5.92 Å². The first-order valence-electron chi connectivity index (χ1n) is 7.83. The van der Waals surface area contributed by atoms with Gasteiger partial charge in [-0.15, -0.1) is 0 Å². The number of benzene rings is 1. The van der Waals surface area contributed by atoms with Gasteiger partial charge in [-0.05, 0) is 38.1 Å². The average Bonchev–Trinajstić information content (AvgIpc) is 2.71. The summed E-state index contributed by atoms with van der Waals surface area (Å²) >= 11 is 0. The second-order valence-corrected chi connectivity index (χ2v) is 9.72. The van der Waals surface area contributed by atoms with Crippen molar-refractivity contribution in [2.45, 2.75) is 31.8 Å². The molecule has 1 saturated heterocycles. The van der Waals surface area contributed by atoms with Gasteiger partial charge in [0, 0.05) is 6.54 Å². The zero-order valence-electron chi connectivity index (χ0n) is 14.3. The summed E-state index contributed by atoms with van der Waals surface area (Å²) in [7, 11) is -7.44. The first-order chi connectivity index (χ1) is 11.5.